The van der Waals surface area contributed by atoms with Gasteiger partial charge < -0.3 is 0 Å². The molecule has 0 N–H and O–H groups in total. The van der Waals surface area contributed by atoms with E-state index in [9.17, 15) is 9.59 Å². The Hall–Kier alpha value is -2.94. The van der Waals surface area contributed by atoms with Crippen LogP contribution in [-0.2, 0) is 6.42 Å². The average molecular weight is 329 g/mol. The van der Waals surface area contributed by atoms with Crippen LogP contribution in [0.5, 0.6) is 0 Å². The summed E-state index contributed by atoms with van der Waals surface area (Å²) >= 11 is 0. The number of carbonyl (C=O) groups is 2. The summed E-state index contributed by atoms with van der Waals surface area (Å²) in [6.45, 7) is 2.16. The number of aryl methyl sites for hydroxylation is 1. The molecule has 25 heavy (non-hydrogen) atoms. The van der Waals surface area contributed by atoms with E-state index in [1.807, 2.05) is 60.7 Å². The van der Waals surface area contributed by atoms with E-state index in [1.165, 1.54) is 10.5 Å². The maximum atomic E-state index is 12.8. The Morgan fingerprint density at radius 1 is 0.800 bits per heavy atom. The molecule has 124 valence electrons. The molecular weight excluding hydrogens is 310 g/mol. The zero-order chi connectivity index (χ0) is 17.4. The fourth-order valence-corrected chi connectivity index (χ4v) is 3.35. The lowest BCUT2D eigenvalue weighted by Gasteiger charge is -2.14. The molecule has 2 amide bonds. The van der Waals surface area contributed by atoms with Gasteiger partial charge in [-0.1, -0.05) is 49.7 Å². The van der Waals surface area contributed by atoms with E-state index in [1.54, 1.807) is 0 Å². The molecule has 0 unspecified atom stereocenters. The lowest BCUT2D eigenvalue weighted by Crippen LogP contribution is -2.29. The van der Waals surface area contributed by atoms with Crippen LogP contribution in [0.25, 0.3) is 10.8 Å². The first-order valence-corrected chi connectivity index (χ1v) is 8.69. The third kappa shape index (κ3) is 2.62. The van der Waals surface area contributed by atoms with Gasteiger partial charge in [0, 0.05) is 0 Å². The van der Waals surface area contributed by atoms with Gasteiger partial charge in [-0.25, -0.2) is 4.90 Å². The standard InChI is InChI=1S/C22H19NO2/c1-2-3-6-15-9-11-18(12-10-15)23-21(24)19-13-16-7-4-5-8-17(16)14-20(19)22(23)25/h4-5,7-14H,2-3,6H2,1H3. The highest BCUT2D eigenvalue weighted by Crippen LogP contribution is 2.31. The number of benzene rings is 3. The van der Waals surface area contributed by atoms with E-state index in [-0.39, 0.29) is 11.8 Å². The molecule has 0 saturated carbocycles. The van der Waals surface area contributed by atoms with Crippen molar-refractivity contribution in [1.82, 2.24) is 0 Å². The minimum absolute atomic E-state index is 0.243. The van der Waals surface area contributed by atoms with Crippen molar-refractivity contribution in [3.05, 3.63) is 77.4 Å². The first-order valence-electron chi connectivity index (χ1n) is 8.69. The summed E-state index contributed by atoms with van der Waals surface area (Å²) in [5.41, 5.74) is 2.83. The van der Waals surface area contributed by atoms with Crippen LogP contribution in [0.2, 0.25) is 0 Å². The highest BCUT2D eigenvalue weighted by molar-refractivity contribution is 6.35. The maximum Gasteiger partial charge on any atom is 0.266 e. The van der Waals surface area contributed by atoms with E-state index < -0.39 is 0 Å². The number of rotatable bonds is 4. The molecule has 1 aliphatic rings. The Morgan fingerprint density at radius 3 is 1.88 bits per heavy atom. The molecule has 1 aliphatic heterocycles. The Morgan fingerprint density at radius 2 is 1.36 bits per heavy atom. The predicted octanol–water partition coefficient (Wildman–Crippen LogP) is 4.98. The van der Waals surface area contributed by atoms with Crippen molar-refractivity contribution in [2.24, 2.45) is 0 Å². The molecule has 0 aliphatic carbocycles. The Bertz CT molecular complexity index is 918. The maximum absolute atomic E-state index is 12.8. The minimum Gasteiger partial charge on any atom is -0.268 e. The van der Waals surface area contributed by atoms with Crippen molar-refractivity contribution < 1.29 is 9.59 Å². The number of hydrogen-bond acceptors (Lipinski definition) is 2. The molecule has 0 spiro atoms. The second kappa shape index (κ2) is 6.17. The lowest BCUT2D eigenvalue weighted by molar-refractivity contribution is 0.0926. The van der Waals surface area contributed by atoms with E-state index in [0.717, 1.165) is 30.0 Å². The molecule has 1 heterocycles. The number of amides is 2. The molecule has 3 heteroatoms. The van der Waals surface area contributed by atoms with Crippen LogP contribution < -0.4 is 4.90 Å². The summed E-state index contributed by atoms with van der Waals surface area (Å²) in [7, 11) is 0. The zero-order valence-corrected chi connectivity index (χ0v) is 14.2. The number of imide groups is 1. The topological polar surface area (TPSA) is 37.4 Å². The van der Waals surface area contributed by atoms with Gasteiger partial charge in [-0.2, -0.15) is 0 Å². The predicted molar refractivity (Wildman–Crippen MR) is 100 cm³/mol. The van der Waals surface area contributed by atoms with Crippen LogP contribution >= 0.6 is 0 Å². The quantitative estimate of drug-likeness (QED) is 0.633. The van der Waals surface area contributed by atoms with Gasteiger partial charge in [-0.3, -0.25) is 9.59 Å². The number of nitrogens with zero attached hydrogens (tertiary/aromatic N) is 1. The van der Waals surface area contributed by atoms with E-state index >= 15 is 0 Å². The molecule has 3 nitrogen and oxygen atoms in total. The smallest absolute Gasteiger partial charge is 0.266 e. The fraction of sp³-hybridized carbons (Fsp3) is 0.182. The van der Waals surface area contributed by atoms with Gasteiger partial charge >= 0.3 is 0 Å². The van der Waals surface area contributed by atoms with Gasteiger partial charge in [0.2, 0.25) is 0 Å². The van der Waals surface area contributed by atoms with Crippen molar-refractivity contribution in [2.75, 3.05) is 4.90 Å². The Labute approximate surface area is 146 Å². The average Bonchev–Trinajstić information content (AvgIpc) is 2.89. The molecule has 3 aromatic rings. The highest BCUT2D eigenvalue weighted by Gasteiger charge is 2.36. The summed E-state index contributed by atoms with van der Waals surface area (Å²) in [4.78, 5) is 26.9. The molecule has 0 fully saturated rings. The molecule has 0 aromatic heterocycles. The number of hydrogen-bond donors (Lipinski definition) is 0. The summed E-state index contributed by atoms with van der Waals surface area (Å²) < 4.78 is 0. The second-order valence-electron chi connectivity index (χ2n) is 6.46. The van der Waals surface area contributed by atoms with Gasteiger partial charge in [0.15, 0.2) is 0 Å². The largest absolute Gasteiger partial charge is 0.268 e. The number of unbranched alkanes of at least 4 members (excludes halogenated alkanes) is 1. The highest BCUT2D eigenvalue weighted by atomic mass is 16.2. The first-order chi connectivity index (χ1) is 12.2. The third-order valence-corrected chi connectivity index (χ3v) is 4.77. The third-order valence-electron chi connectivity index (χ3n) is 4.77. The van der Waals surface area contributed by atoms with Gasteiger partial charge in [0.1, 0.15) is 0 Å². The molecular formula is C22H19NO2. The molecule has 0 atom stereocenters. The summed E-state index contributed by atoms with van der Waals surface area (Å²) in [5.74, 6) is -0.487. The van der Waals surface area contributed by atoms with Gasteiger partial charge in [0.05, 0.1) is 16.8 Å². The number of fused-ring (bicyclic) bond motifs is 2. The van der Waals surface area contributed by atoms with Gasteiger partial charge in [-0.05, 0) is 53.4 Å². The molecule has 4 rings (SSSR count). The Kier molecular flexibility index (Phi) is 3.85. The molecule has 0 saturated heterocycles. The van der Waals surface area contributed by atoms with Crippen LogP contribution in [-0.4, -0.2) is 11.8 Å². The summed E-state index contributed by atoms with van der Waals surface area (Å²) in [6.07, 6.45) is 3.30. The normalized spacial score (nSPS) is 13.6. The zero-order valence-electron chi connectivity index (χ0n) is 14.2. The van der Waals surface area contributed by atoms with Gasteiger partial charge in [0.25, 0.3) is 11.8 Å². The monoisotopic (exact) mass is 329 g/mol. The SMILES string of the molecule is CCCCc1ccc(N2C(=O)c3cc4ccccc4cc3C2=O)cc1. The summed E-state index contributed by atoms with van der Waals surface area (Å²) in [6, 6.07) is 19.2. The number of carbonyl (C=O) groups excluding carboxylic acids is 2. The molecule has 0 bridgehead atoms. The lowest BCUT2D eigenvalue weighted by atomic mass is 10.0. The van der Waals surface area contributed by atoms with E-state index in [2.05, 4.69) is 6.92 Å². The fourth-order valence-electron chi connectivity index (χ4n) is 3.35. The van der Waals surface area contributed by atoms with Crippen molar-refractivity contribution in [3.8, 4) is 0 Å². The van der Waals surface area contributed by atoms with Crippen LogP contribution in [0, 0.1) is 0 Å². The first kappa shape index (κ1) is 15.6. The van der Waals surface area contributed by atoms with E-state index in [0.29, 0.717) is 16.8 Å². The van der Waals surface area contributed by atoms with Gasteiger partial charge in [-0.15, -0.1) is 0 Å². The second-order valence-corrected chi connectivity index (χ2v) is 6.46. The summed E-state index contributed by atoms with van der Waals surface area (Å²) in [5, 5.41) is 1.94. The van der Waals surface area contributed by atoms with Crippen molar-refractivity contribution >= 4 is 28.3 Å². The molecule has 3 aromatic carbocycles. The van der Waals surface area contributed by atoms with Crippen LogP contribution in [0.15, 0.2) is 60.7 Å². The number of anilines is 1. The van der Waals surface area contributed by atoms with Crippen LogP contribution in [0.1, 0.15) is 46.0 Å². The Balaban J connectivity index is 1.71. The van der Waals surface area contributed by atoms with Crippen LogP contribution in [0.4, 0.5) is 5.69 Å². The molecule has 0 radical (unpaired) electrons. The van der Waals surface area contributed by atoms with E-state index in [4.69, 9.17) is 0 Å². The van der Waals surface area contributed by atoms with Crippen molar-refractivity contribution in [3.63, 3.8) is 0 Å². The minimum atomic E-state index is -0.243. The van der Waals surface area contributed by atoms with Crippen LogP contribution in [0.3, 0.4) is 0 Å². The van der Waals surface area contributed by atoms with Crippen molar-refractivity contribution in [2.45, 2.75) is 26.2 Å². The van der Waals surface area contributed by atoms with Crippen molar-refractivity contribution in [1.29, 1.82) is 0 Å².